The second-order valence-electron chi connectivity index (χ2n) is 9.59. The zero-order valence-electron chi connectivity index (χ0n) is 20.8. The number of carbonyl (C=O) groups is 3. The molecular weight excluding hydrogens is 476 g/mol. The Balaban J connectivity index is 1.64. The third-order valence-corrected chi connectivity index (χ3v) is 7.14. The number of aromatic nitrogens is 1. The van der Waals surface area contributed by atoms with E-state index in [0.29, 0.717) is 11.2 Å². The topological polar surface area (TPSA) is 146 Å². The van der Waals surface area contributed by atoms with Gasteiger partial charge in [-0.1, -0.05) is 6.07 Å². The van der Waals surface area contributed by atoms with Crippen LogP contribution in [0.1, 0.15) is 47.8 Å². The predicted molar refractivity (Wildman–Crippen MR) is 136 cm³/mol. The minimum absolute atomic E-state index is 0.0283. The number of phenols is 2. The summed E-state index contributed by atoms with van der Waals surface area (Å²) in [4.78, 5) is 54.0. The Morgan fingerprint density at radius 3 is 2.43 bits per heavy atom. The fraction of sp³-hybridized carbons (Fsp3) is 0.214. The molecule has 5 rings (SSSR count). The van der Waals surface area contributed by atoms with Gasteiger partial charge in [-0.3, -0.25) is 19.2 Å². The molecule has 0 amide bonds. The maximum Gasteiger partial charge on any atom is 0.248 e. The average Bonchev–Trinajstić information content (AvgIpc) is 3.10. The van der Waals surface area contributed by atoms with Crippen LogP contribution in [0.3, 0.4) is 0 Å². The number of ketones is 3. The van der Waals surface area contributed by atoms with Crippen LogP contribution < -0.4 is 15.6 Å². The molecule has 9 heteroatoms. The highest BCUT2D eigenvalue weighted by molar-refractivity contribution is 6.31. The molecule has 0 saturated carbocycles. The van der Waals surface area contributed by atoms with Crippen molar-refractivity contribution >= 4 is 33.9 Å². The number of allylic oxidation sites excluding steroid dienone is 4. The van der Waals surface area contributed by atoms with Crippen LogP contribution in [-0.2, 0) is 15.0 Å². The van der Waals surface area contributed by atoms with Gasteiger partial charge in [0.1, 0.15) is 34.0 Å². The van der Waals surface area contributed by atoms with E-state index >= 15 is 0 Å². The van der Waals surface area contributed by atoms with Crippen LogP contribution in [-0.4, -0.2) is 32.5 Å². The first-order chi connectivity index (χ1) is 17.4. The molecule has 0 radical (unpaired) electrons. The summed E-state index contributed by atoms with van der Waals surface area (Å²) in [5, 5.41) is 25.3. The lowest BCUT2D eigenvalue weighted by Gasteiger charge is -2.29. The van der Waals surface area contributed by atoms with Crippen molar-refractivity contribution in [3.8, 4) is 17.2 Å². The number of carbonyl (C=O) groups excluding carboxylic acids is 3. The van der Waals surface area contributed by atoms with Crippen molar-refractivity contribution in [2.45, 2.75) is 40.0 Å². The summed E-state index contributed by atoms with van der Waals surface area (Å²) in [5.41, 5.74) is 0.125. The molecule has 2 aromatic carbocycles. The van der Waals surface area contributed by atoms with Crippen LogP contribution in [0.25, 0.3) is 10.9 Å². The quantitative estimate of drug-likeness (QED) is 0.241. The van der Waals surface area contributed by atoms with Gasteiger partial charge in [0.2, 0.25) is 5.56 Å². The minimum atomic E-state index is -1.60. The van der Waals surface area contributed by atoms with Crippen molar-refractivity contribution in [1.29, 1.82) is 0 Å². The largest absolute Gasteiger partial charge is 0.507 e. The third-order valence-electron chi connectivity index (χ3n) is 7.14. The van der Waals surface area contributed by atoms with E-state index in [1.807, 2.05) is 13.0 Å². The van der Waals surface area contributed by atoms with Crippen molar-refractivity contribution in [3.05, 3.63) is 80.0 Å². The SMILES string of the molecule is CC(=O)c1c(O)c(C)c(O)c2c1OC1=CC(=O)/C(=C(/C)Nc3ccc4c(C)cc(=O)[nH]c4c3)C(=O)[C@@]12C. The average molecular weight is 501 g/mol. The van der Waals surface area contributed by atoms with Gasteiger partial charge in [-0.05, 0) is 52.3 Å². The lowest BCUT2D eigenvalue weighted by Crippen LogP contribution is -2.40. The number of rotatable bonds is 3. The summed E-state index contributed by atoms with van der Waals surface area (Å²) >= 11 is 0. The molecule has 0 saturated heterocycles. The smallest absolute Gasteiger partial charge is 0.248 e. The van der Waals surface area contributed by atoms with Gasteiger partial charge >= 0.3 is 0 Å². The number of H-pyrrole nitrogens is 1. The van der Waals surface area contributed by atoms with E-state index in [1.54, 1.807) is 19.1 Å². The Morgan fingerprint density at radius 1 is 1.05 bits per heavy atom. The summed E-state index contributed by atoms with van der Waals surface area (Å²) in [5.74, 6) is -2.74. The fourth-order valence-corrected chi connectivity index (χ4v) is 5.15. The van der Waals surface area contributed by atoms with Crippen LogP contribution in [0.4, 0.5) is 5.69 Å². The second-order valence-corrected chi connectivity index (χ2v) is 9.59. The Bertz CT molecular complexity index is 1720. The maximum atomic E-state index is 13.9. The summed E-state index contributed by atoms with van der Waals surface area (Å²) in [6.45, 7) is 7.58. The van der Waals surface area contributed by atoms with Gasteiger partial charge in [0.05, 0.1) is 16.7 Å². The monoisotopic (exact) mass is 500 g/mol. The van der Waals surface area contributed by atoms with Gasteiger partial charge in [-0.2, -0.15) is 0 Å². The molecule has 0 unspecified atom stereocenters. The normalized spacial score (nSPS) is 19.8. The molecule has 1 aliphatic carbocycles. The molecular formula is C28H24N2O7. The summed E-state index contributed by atoms with van der Waals surface area (Å²) in [6.07, 6.45) is 1.17. The lowest BCUT2D eigenvalue weighted by molar-refractivity contribution is -0.123. The van der Waals surface area contributed by atoms with Crippen LogP contribution in [0.15, 0.2) is 52.2 Å². The van der Waals surface area contributed by atoms with Gasteiger partial charge < -0.3 is 25.3 Å². The number of aromatic amines is 1. The number of hydrogen-bond acceptors (Lipinski definition) is 8. The molecule has 3 aromatic rings. The fourth-order valence-electron chi connectivity index (χ4n) is 5.15. The van der Waals surface area contributed by atoms with E-state index < -0.39 is 28.5 Å². The van der Waals surface area contributed by atoms with E-state index in [0.717, 1.165) is 10.9 Å². The molecule has 0 bridgehead atoms. The van der Waals surface area contributed by atoms with Gasteiger partial charge in [-0.25, -0.2) is 0 Å². The summed E-state index contributed by atoms with van der Waals surface area (Å²) in [7, 11) is 0. The van der Waals surface area contributed by atoms with E-state index in [9.17, 15) is 29.4 Å². The van der Waals surface area contributed by atoms with Crippen molar-refractivity contribution in [3.63, 3.8) is 0 Å². The number of pyridine rings is 1. The Hall–Kier alpha value is -4.66. The maximum absolute atomic E-state index is 13.9. The van der Waals surface area contributed by atoms with Gasteiger partial charge in [-0.15, -0.1) is 0 Å². The zero-order chi connectivity index (χ0) is 27.0. The van der Waals surface area contributed by atoms with E-state index in [4.69, 9.17) is 4.74 Å². The molecule has 1 aromatic heterocycles. The van der Waals surface area contributed by atoms with Crippen molar-refractivity contribution < 1.29 is 29.3 Å². The number of nitrogens with one attached hydrogen (secondary N) is 2. The minimum Gasteiger partial charge on any atom is -0.507 e. The van der Waals surface area contributed by atoms with Gasteiger partial charge in [0.15, 0.2) is 17.3 Å². The lowest BCUT2D eigenvalue weighted by atomic mass is 9.70. The molecule has 1 aliphatic heterocycles. The highest BCUT2D eigenvalue weighted by atomic mass is 16.5. The van der Waals surface area contributed by atoms with E-state index in [1.165, 1.54) is 32.9 Å². The van der Waals surface area contributed by atoms with Crippen molar-refractivity contribution in [1.82, 2.24) is 4.98 Å². The first-order valence-corrected chi connectivity index (χ1v) is 11.6. The van der Waals surface area contributed by atoms with Crippen LogP contribution in [0.5, 0.6) is 17.2 Å². The number of aryl methyl sites for hydroxylation is 1. The van der Waals surface area contributed by atoms with Crippen LogP contribution in [0, 0.1) is 13.8 Å². The first-order valence-electron chi connectivity index (χ1n) is 11.6. The number of phenolic OH excluding ortho intramolecular Hbond substituents is 2. The number of benzene rings is 2. The number of hydrogen-bond donors (Lipinski definition) is 4. The zero-order valence-corrected chi connectivity index (χ0v) is 20.8. The molecule has 37 heavy (non-hydrogen) atoms. The molecule has 0 fully saturated rings. The third kappa shape index (κ3) is 3.31. The second kappa shape index (κ2) is 7.92. The molecule has 2 heterocycles. The first kappa shape index (κ1) is 24.1. The molecule has 188 valence electrons. The number of fused-ring (bicyclic) bond motifs is 4. The highest BCUT2D eigenvalue weighted by Crippen LogP contribution is 2.57. The van der Waals surface area contributed by atoms with E-state index in [-0.39, 0.29) is 50.8 Å². The molecule has 1 atom stereocenters. The van der Waals surface area contributed by atoms with Crippen LogP contribution >= 0.6 is 0 Å². The van der Waals surface area contributed by atoms with Crippen molar-refractivity contribution in [2.75, 3.05) is 5.32 Å². The molecule has 4 N–H and O–H groups in total. The standard InChI is InChI=1S/C28H24N2O7/c1-11-8-20(33)30-17-9-15(6-7-16(11)17)29-13(3)21-18(32)10-19-28(5,27(21)36)23-25(35)12(2)24(34)22(14(4)31)26(23)37-19/h6-10,29,34-35H,1-5H3,(H,30,33)/b21-13+/t28-/m0/s1. The van der Waals surface area contributed by atoms with Crippen LogP contribution in [0.2, 0.25) is 0 Å². The number of Topliss-reactive ketones (excluding diaryl/α,β-unsaturated/α-hetero) is 2. The summed E-state index contributed by atoms with van der Waals surface area (Å²) in [6, 6.07) is 6.80. The van der Waals surface area contributed by atoms with E-state index in [2.05, 4.69) is 10.3 Å². The highest BCUT2D eigenvalue weighted by Gasteiger charge is 2.56. The summed E-state index contributed by atoms with van der Waals surface area (Å²) < 4.78 is 5.78. The Labute approximate surface area is 211 Å². The van der Waals surface area contributed by atoms with Gasteiger partial charge in [0.25, 0.3) is 0 Å². The van der Waals surface area contributed by atoms with Gasteiger partial charge in [0, 0.05) is 34.5 Å². The number of aromatic hydroxyl groups is 2. The molecule has 9 nitrogen and oxygen atoms in total. The predicted octanol–water partition coefficient (Wildman–Crippen LogP) is 3.83. The Morgan fingerprint density at radius 2 is 1.76 bits per heavy atom. The molecule has 2 aliphatic rings. The number of ether oxygens (including phenoxy) is 1. The number of anilines is 1. The molecule has 0 spiro atoms. The Kier molecular flexibility index (Phi) is 5.15. The van der Waals surface area contributed by atoms with Crippen molar-refractivity contribution in [2.24, 2.45) is 0 Å².